The van der Waals surface area contributed by atoms with Crippen molar-refractivity contribution in [2.75, 3.05) is 5.32 Å². The van der Waals surface area contributed by atoms with Crippen molar-refractivity contribution in [1.29, 1.82) is 0 Å². The number of nitrogens with one attached hydrogen (secondary N) is 2. The third-order valence-corrected chi connectivity index (χ3v) is 5.14. The van der Waals surface area contributed by atoms with Crippen molar-refractivity contribution in [3.63, 3.8) is 0 Å². The number of anilines is 1. The Morgan fingerprint density at radius 2 is 1.97 bits per heavy atom. The van der Waals surface area contributed by atoms with Crippen molar-refractivity contribution >= 4 is 28.4 Å². The Balaban J connectivity index is 1.76. The van der Waals surface area contributed by atoms with Crippen LogP contribution in [0.1, 0.15) is 47.8 Å². The van der Waals surface area contributed by atoms with Crippen molar-refractivity contribution in [2.45, 2.75) is 32.5 Å². The molecule has 0 aromatic heterocycles. The average molecular weight is 480 g/mol. The molecular formula is C24H22ClF4N3O. The maximum absolute atomic E-state index is 13.6. The third kappa shape index (κ3) is 6.92. The number of aliphatic imine (C=N–C) groups is 1. The monoisotopic (exact) mass is 479 g/mol. The Kier molecular flexibility index (Phi) is 7.58. The van der Waals surface area contributed by atoms with Crippen molar-refractivity contribution < 1.29 is 22.4 Å². The maximum atomic E-state index is 13.6. The summed E-state index contributed by atoms with van der Waals surface area (Å²) in [6.07, 6.45) is 1.72. The lowest BCUT2D eigenvalue weighted by atomic mass is 10.1. The zero-order valence-corrected chi connectivity index (χ0v) is 18.6. The molecular weight excluding hydrogens is 458 g/mol. The van der Waals surface area contributed by atoms with Crippen molar-refractivity contribution in [3.8, 4) is 0 Å². The van der Waals surface area contributed by atoms with Gasteiger partial charge in [0, 0.05) is 11.3 Å². The van der Waals surface area contributed by atoms with Gasteiger partial charge in [-0.15, -0.1) is 0 Å². The van der Waals surface area contributed by atoms with Crippen molar-refractivity contribution in [1.82, 2.24) is 5.32 Å². The van der Waals surface area contributed by atoms with E-state index >= 15 is 0 Å². The summed E-state index contributed by atoms with van der Waals surface area (Å²) in [6, 6.07) is 8.30. The van der Waals surface area contributed by atoms with E-state index in [1.165, 1.54) is 0 Å². The minimum Gasteiger partial charge on any atom is -0.364 e. The Morgan fingerprint density at radius 1 is 1.21 bits per heavy atom. The van der Waals surface area contributed by atoms with Crippen molar-refractivity contribution in [3.05, 3.63) is 89.0 Å². The molecule has 9 heteroatoms. The lowest BCUT2D eigenvalue weighted by molar-refractivity contribution is -0.137. The first-order valence-electron chi connectivity index (χ1n) is 10.2. The van der Waals surface area contributed by atoms with E-state index in [0.717, 1.165) is 18.1 Å². The number of alkyl halides is 3. The number of nitrogens with zero attached hydrogens (tertiary/aromatic N) is 1. The van der Waals surface area contributed by atoms with Crippen LogP contribution in [-0.2, 0) is 6.18 Å². The number of carbonyl (C=O) groups excluding carboxylic acids is 1. The van der Waals surface area contributed by atoms with E-state index in [9.17, 15) is 22.4 Å². The van der Waals surface area contributed by atoms with Gasteiger partial charge in [-0.1, -0.05) is 36.7 Å². The number of benzene rings is 2. The van der Waals surface area contributed by atoms with Gasteiger partial charge < -0.3 is 10.6 Å². The average Bonchev–Trinajstić information content (AvgIpc) is 2.71. The van der Waals surface area contributed by atoms with E-state index in [2.05, 4.69) is 22.5 Å². The summed E-state index contributed by atoms with van der Waals surface area (Å²) in [5.41, 5.74) is -0.506. The highest BCUT2D eigenvalue weighted by atomic mass is 35.5. The molecule has 0 bridgehead atoms. The first kappa shape index (κ1) is 24.5. The molecule has 1 aliphatic rings. The summed E-state index contributed by atoms with van der Waals surface area (Å²) in [7, 11) is 0. The molecule has 2 N–H and O–H groups in total. The van der Waals surface area contributed by atoms with E-state index in [0.29, 0.717) is 28.8 Å². The molecule has 1 aliphatic heterocycles. The number of hydrogen-bond donors (Lipinski definition) is 2. The zero-order valence-electron chi connectivity index (χ0n) is 17.9. The summed E-state index contributed by atoms with van der Waals surface area (Å²) >= 11 is 6.09. The number of halogens is 5. The molecule has 2 aromatic rings. The molecule has 33 heavy (non-hydrogen) atoms. The van der Waals surface area contributed by atoms with Gasteiger partial charge in [-0.2, -0.15) is 13.2 Å². The standard InChI is InChI=1S/C24H22ClF4N3O/c1-14-5-3-8-21(25)32-22(9-14)30-15(2)16-6-4-7-20(12-16)31-23(33)17-10-18(24(27,28)29)13-19(26)11-17/h3-4,6-15,30H,5H2,1-2H3,(H,31,33)/b8-3+,22-9-,32-21-/t14?,15-/m0/s1. The van der Waals surface area contributed by atoms with Gasteiger partial charge in [0.25, 0.3) is 5.91 Å². The van der Waals surface area contributed by atoms with Gasteiger partial charge in [0.15, 0.2) is 0 Å². The Hall–Kier alpha value is -3.13. The molecule has 1 amide bonds. The first-order valence-corrected chi connectivity index (χ1v) is 10.6. The minimum atomic E-state index is -4.76. The van der Waals surface area contributed by atoms with Crippen LogP contribution in [0.15, 0.2) is 71.5 Å². The topological polar surface area (TPSA) is 53.5 Å². The van der Waals surface area contributed by atoms with Gasteiger partial charge in [-0.05, 0) is 67.3 Å². The van der Waals surface area contributed by atoms with E-state index in [4.69, 9.17) is 11.6 Å². The highest BCUT2D eigenvalue weighted by Crippen LogP contribution is 2.30. The fourth-order valence-corrected chi connectivity index (χ4v) is 3.45. The molecule has 3 rings (SSSR count). The smallest absolute Gasteiger partial charge is 0.364 e. The number of hydrogen-bond acceptors (Lipinski definition) is 3. The summed E-state index contributed by atoms with van der Waals surface area (Å²) in [4.78, 5) is 16.8. The van der Waals surface area contributed by atoms with Crippen LogP contribution < -0.4 is 10.6 Å². The van der Waals surface area contributed by atoms with Gasteiger partial charge in [0.1, 0.15) is 16.8 Å². The third-order valence-electron chi connectivity index (χ3n) is 4.93. The number of amides is 1. The molecule has 2 aromatic carbocycles. The van der Waals surface area contributed by atoms with Gasteiger partial charge >= 0.3 is 6.18 Å². The van der Waals surface area contributed by atoms with Gasteiger partial charge in [-0.25, -0.2) is 9.38 Å². The predicted octanol–water partition coefficient (Wildman–Crippen LogP) is 6.82. The summed E-state index contributed by atoms with van der Waals surface area (Å²) in [5.74, 6) is -1.13. The predicted molar refractivity (Wildman–Crippen MR) is 122 cm³/mol. The fraction of sp³-hybridized carbons (Fsp3) is 0.250. The molecule has 0 radical (unpaired) electrons. The second-order valence-electron chi connectivity index (χ2n) is 7.77. The van der Waals surface area contributed by atoms with Gasteiger partial charge in [-0.3, -0.25) is 4.79 Å². The van der Waals surface area contributed by atoms with Crippen LogP contribution >= 0.6 is 11.6 Å². The lowest BCUT2D eigenvalue weighted by Gasteiger charge is -2.19. The summed E-state index contributed by atoms with van der Waals surface area (Å²) < 4.78 is 52.5. The number of rotatable bonds is 5. The van der Waals surface area contributed by atoms with Crippen LogP contribution in [0, 0.1) is 11.7 Å². The van der Waals surface area contributed by atoms with Crippen LogP contribution in [0.5, 0.6) is 0 Å². The van der Waals surface area contributed by atoms with Crippen molar-refractivity contribution in [2.24, 2.45) is 10.9 Å². The zero-order chi connectivity index (χ0) is 24.2. The second-order valence-corrected chi connectivity index (χ2v) is 8.16. The number of allylic oxidation sites excluding steroid dienone is 3. The van der Waals surface area contributed by atoms with E-state index < -0.39 is 29.0 Å². The highest BCUT2D eigenvalue weighted by Gasteiger charge is 2.32. The van der Waals surface area contributed by atoms with Crippen LogP contribution in [0.25, 0.3) is 0 Å². The summed E-state index contributed by atoms with van der Waals surface area (Å²) in [6.45, 7) is 3.95. The highest BCUT2D eigenvalue weighted by molar-refractivity contribution is 6.68. The van der Waals surface area contributed by atoms with Gasteiger partial charge in [0.05, 0.1) is 11.6 Å². The maximum Gasteiger partial charge on any atom is 0.416 e. The molecule has 0 aliphatic carbocycles. The first-order chi connectivity index (χ1) is 15.5. The lowest BCUT2D eigenvalue weighted by Crippen LogP contribution is -2.19. The van der Waals surface area contributed by atoms with E-state index in [-0.39, 0.29) is 12.0 Å². The molecule has 0 fully saturated rings. The van der Waals surface area contributed by atoms with E-state index in [1.807, 2.05) is 25.1 Å². The minimum absolute atomic E-state index is 0.220. The molecule has 1 unspecified atom stereocenters. The molecule has 0 spiro atoms. The molecule has 1 heterocycles. The Morgan fingerprint density at radius 3 is 2.70 bits per heavy atom. The van der Waals surface area contributed by atoms with E-state index in [1.54, 1.807) is 24.3 Å². The van der Waals surface area contributed by atoms with Gasteiger partial charge in [0.2, 0.25) is 0 Å². The van der Waals surface area contributed by atoms with Crippen LogP contribution in [0.3, 0.4) is 0 Å². The molecule has 0 saturated heterocycles. The molecule has 0 saturated carbocycles. The normalized spacial score (nSPS) is 21.5. The fourth-order valence-electron chi connectivity index (χ4n) is 3.27. The Bertz CT molecular complexity index is 1120. The van der Waals surface area contributed by atoms with Crippen LogP contribution in [-0.4, -0.2) is 11.1 Å². The summed E-state index contributed by atoms with van der Waals surface area (Å²) in [5, 5.41) is 6.15. The molecule has 174 valence electrons. The molecule has 2 atom stereocenters. The SMILES string of the molecule is CC1\C=C(N[C@@H](C)c2cccc(NC(=O)c3cc(F)cc(C(F)(F)F)c3)c2)/N=C(Cl)/C=C/C1. The molecule has 4 nitrogen and oxygen atoms in total. The number of carbonyl (C=O) groups is 1. The Labute approximate surface area is 194 Å². The van der Waals surface area contributed by atoms with Crippen LogP contribution in [0.2, 0.25) is 0 Å². The second kappa shape index (κ2) is 10.2. The van der Waals surface area contributed by atoms with Crippen LogP contribution in [0.4, 0.5) is 23.2 Å². The quantitative estimate of drug-likeness (QED) is 0.462. The largest absolute Gasteiger partial charge is 0.416 e.